The molecule has 6 heteroatoms. The molecule has 0 amide bonds. The molecule has 5 N–H and O–H groups in total. The van der Waals surface area contributed by atoms with E-state index in [1.54, 1.807) is 0 Å². The molecule has 1 aliphatic rings. The summed E-state index contributed by atoms with van der Waals surface area (Å²) in [5.74, 6) is 0. The van der Waals surface area contributed by atoms with Crippen LogP contribution < -0.4 is 0 Å². The predicted molar refractivity (Wildman–Crippen MR) is 36.0 cm³/mol. The molecule has 5 atom stereocenters. The van der Waals surface area contributed by atoms with Crippen molar-refractivity contribution in [2.45, 2.75) is 30.7 Å². The summed E-state index contributed by atoms with van der Waals surface area (Å²) < 4.78 is 4.58. The van der Waals surface area contributed by atoms with Gasteiger partial charge in [0.15, 0.2) is 6.29 Å². The van der Waals surface area contributed by atoms with Crippen LogP contribution in [0.5, 0.6) is 0 Å². The minimum absolute atomic E-state index is 0.526. The third-order valence-electron chi connectivity index (χ3n) is 1.87. The second-order valence-corrected chi connectivity index (χ2v) is 2.72. The van der Waals surface area contributed by atoms with Crippen molar-refractivity contribution in [1.82, 2.24) is 0 Å². The van der Waals surface area contributed by atoms with E-state index in [0.29, 0.717) is 0 Å². The minimum Gasteiger partial charge on any atom is -0.394 e. The lowest BCUT2D eigenvalue weighted by Crippen LogP contribution is -2.58. The molecule has 1 unspecified atom stereocenters. The van der Waals surface area contributed by atoms with Crippen molar-refractivity contribution < 1.29 is 30.3 Å². The van der Waals surface area contributed by atoms with Crippen LogP contribution in [0.25, 0.3) is 0 Å². The lowest BCUT2D eigenvalue weighted by molar-refractivity contribution is -0.286. The molecule has 0 aromatic heterocycles. The highest BCUT2D eigenvalue weighted by Crippen LogP contribution is 2.18. The Labute approximate surface area is 68.6 Å². The molecule has 72 valence electrons. The first-order chi connectivity index (χ1) is 5.57. The van der Waals surface area contributed by atoms with Crippen molar-refractivity contribution in [3.63, 3.8) is 0 Å². The van der Waals surface area contributed by atoms with E-state index in [9.17, 15) is 0 Å². The highest BCUT2D eigenvalue weighted by atomic mass is 16.6. The Kier molecular flexibility index (Phi) is 2.99. The SMILES string of the molecule is O[13CH2][C@H]1OC(O)[C@@H](O)[C@@H](O)[C@@H]1O. The van der Waals surface area contributed by atoms with E-state index < -0.39 is 37.3 Å². The molecule has 1 fully saturated rings. The second-order valence-electron chi connectivity index (χ2n) is 2.72. The summed E-state index contributed by atoms with van der Waals surface area (Å²) in [6, 6.07) is 0. The summed E-state index contributed by atoms with van der Waals surface area (Å²) in [6.07, 6.45) is -7.04. The fraction of sp³-hybridized carbons (Fsp3) is 1.00. The van der Waals surface area contributed by atoms with Gasteiger partial charge in [0.2, 0.25) is 0 Å². The zero-order valence-corrected chi connectivity index (χ0v) is 6.24. The van der Waals surface area contributed by atoms with Crippen LogP contribution in [0.3, 0.4) is 0 Å². The quantitative estimate of drug-likeness (QED) is 0.272. The molecular weight excluding hydrogens is 169 g/mol. The molecule has 0 aromatic rings. The topological polar surface area (TPSA) is 110 Å². The van der Waals surface area contributed by atoms with Crippen LogP contribution >= 0.6 is 0 Å². The smallest absolute Gasteiger partial charge is 0.184 e. The van der Waals surface area contributed by atoms with Gasteiger partial charge in [-0.2, -0.15) is 0 Å². The lowest BCUT2D eigenvalue weighted by Gasteiger charge is -2.37. The zero-order chi connectivity index (χ0) is 9.30. The summed E-state index contributed by atoms with van der Waals surface area (Å²) in [6.45, 7) is -0.526. The van der Waals surface area contributed by atoms with Gasteiger partial charge in [0, 0.05) is 0 Å². The third kappa shape index (κ3) is 1.58. The first-order valence-corrected chi connectivity index (χ1v) is 3.56. The van der Waals surface area contributed by atoms with Crippen LogP contribution in [0.15, 0.2) is 0 Å². The standard InChI is InChI=1S/C6H12O6/c7-1-2-3(8)4(9)5(10)6(11)12-2/h2-11H,1H2/t2-,3-,4+,5+,6?/m1/s1/i1+1. The minimum atomic E-state index is -1.57. The molecule has 0 saturated carbocycles. The number of aliphatic hydroxyl groups excluding tert-OH is 5. The predicted octanol–water partition coefficient (Wildman–Crippen LogP) is -3.22. The molecule has 0 bridgehead atoms. The van der Waals surface area contributed by atoms with E-state index in [4.69, 9.17) is 25.5 Å². The Morgan fingerprint density at radius 2 is 1.50 bits per heavy atom. The van der Waals surface area contributed by atoms with E-state index in [2.05, 4.69) is 4.74 Å². The monoisotopic (exact) mass is 181 g/mol. The van der Waals surface area contributed by atoms with Crippen LogP contribution in [-0.4, -0.2) is 62.8 Å². The largest absolute Gasteiger partial charge is 0.394 e. The van der Waals surface area contributed by atoms with Crippen LogP contribution in [0.1, 0.15) is 0 Å². The van der Waals surface area contributed by atoms with Crippen LogP contribution in [0.2, 0.25) is 0 Å². The molecule has 1 heterocycles. The number of aliphatic hydroxyl groups is 5. The normalized spacial score (nSPS) is 49.2. The molecule has 1 saturated heterocycles. The van der Waals surface area contributed by atoms with Gasteiger partial charge in [0.1, 0.15) is 24.4 Å². The number of hydrogen-bond acceptors (Lipinski definition) is 6. The van der Waals surface area contributed by atoms with Gasteiger partial charge in [0.25, 0.3) is 0 Å². The van der Waals surface area contributed by atoms with E-state index in [1.807, 2.05) is 0 Å². The maximum Gasteiger partial charge on any atom is 0.184 e. The fourth-order valence-electron chi connectivity index (χ4n) is 1.08. The van der Waals surface area contributed by atoms with Gasteiger partial charge in [-0.3, -0.25) is 0 Å². The van der Waals surface area contributed by atoms with E-state index >= 15 is 0 Å². The molecule has 0 aromatic carbocycles. The van der Waals surface area contributed by atoms with E-state index in [0.717, 1.165) is 0 Å². The molecule has 0 aliphatic carbocycles. The van der Waals surface area contributed by atoms with Crippen LogP contribution in [0, 0.1) is 0 Å². The fourth-order valence-corrected chi connectivity index (χ4v) is 1.08. The van der Waals surface area contributed by atoms with E-state index in [1.165, 1.54) is 0 Å². The van der Waals surface area contributed by atoms with Crippen LogP contribution in [-0.2, 0) is 4.74 Å². The zero-order valence-electron chi connectivity index (χ0n) is 6.24. The Balaban J connectivity index is 2.63. The average molecular weight is 181 g/mol. The Morgan fingerprint density at radius 3 is 2.00 bits per heavy atom. The maximum atomic E-state index is 9.12. The Morgan fingerprint density at radius 1 is 0.917 bits per heavy atom. The summed E-state index contributed by atoms with van der Waals surface area (Å²) in [5.41, 5.74) is 0. The molecule has 0 radical (unpaired) electrons. The molecule has 1 aliphatic heterocycles. The summed E-state index contributed by atoms with van der Waals surface area (Å²) in [5, 5.41) is 44.7. The third-order valence-corrected chi connectivity index (χ3v) is 1.87. The number of hydrogen-bond donors (Lipinski definition) is 5. The second kappa shape index (κ2) is 3.65. The van der Waals surface area contributed by atoms with E-state index in [-0.39, 0.29) is 0 Å². The van der Waals surface area contributed by atoms with Gasteiger partial charge in [-0.1, -0.05) is 0 Å². The van der Waals surface area contributed by atoms with Crippen LogP contribution in [0.4, 0.5) is 0 Å². The average Bonchev–Trinajstić information content (AvgIpc) is 2.08. The molecular formula is C6H12O6. The molecule has 0 spiro atoms. The first-order valence-electron chi connectivity index (χ1n) is 3.56. The van der Waals surface area contributed by atoms with Gasteiger partial charge >= 0.3 is 0 Å². The lowest BCUT2D eigenvalue weighted by atomic mass is 10.0. The molecule has 1 rings (SSSR count). The van der Waals surface area contributed by atoms with Crippen molar-refractivity contribution >= 4 is 0 Å². The first kappa shape index (κ1) is 9.85. The summed E-state index contributed by atoms with van der Waals surface area (Å²) in [7, 11) is 0. The Bertz CT molecular complexity index is 146. The van der Waals surface area contributed by atoms with Crippen molar-refractivity contribution in [2.24, 2.45) is 0 Å². The molecule has 6 nitrogen and oxygen atoms in total. The summed E-state index contributed by atoms with van der Waals surface area (Å²) in [4.78, 5) is 0. The van der Waals surface area contributed by atoms with Gasteiger partial charge < -0.3 is 30.3 Å². The number of rotatable bonds is 1. The van der Waals surface area contributed by atoms with Gasteiger partial charge in [-0.05, 0) is 0 Å². The summed E-state index contributed by atoms with van der Waals surface area (Å²) >= 11 is 0. The van der Waals surface area contributed by atoms with Gasteiger partial charge in [0.05, 0.1) is 6.61 Å². The Hall–Kier alpha value is -0.240. The highest BCUT2D eigenvalue weighted by Gasteiger charge is 2.42. The van der Waals surface area contributed by atoms with Crippen molar-refractivity contribution in [3.8, 4) is 0 Å². The highest BCUT2D eigenvalue weighted by molar-refractivity contribution is 4.87. The van der Waals surface area contributed by atoms with Gasteiger partial charge in [-0.25, -0.2) is 0 Å². The van der Waals surface area contributed by atoms with Gasteiger partial charge in [-0.15, -0.1) is 0 Å². The number of ether oxygens (including phenoxy) is 1. The maximum absolute atomic E-state index is 9.12. The van der Waals surface area contributed by atoms with Crippen molar-refractivity contribution in [2.75, 3.05) is 6.61 Å². The van der Waals surface area contributed by atoms with Crippen molar-refractivity contribution in [1.29, 1.82) is 0 Å². The molecule has 12 heavy (non-hydrogen) atoms. The van der Waals surface area contributed by atoms with Crippen molar-refractivity contribution in [3.05, 3.63) is 0 Å².